The number of fused-ring (bicyclic) bond motifs is 1. The number of carbonyl (C=O) groups excluding carboxylic acids is 1. The maximum atomic E-state index is 11.5. The Labute approximate surface area is 119 Å². The minimum Gasteiger partial charge on any atom is -0.366 e. The minimum atomic E-state index is -0.489. The third-order valence-corrected chi connectivity index (χ3v) is 3.58. The molecule has 1 aromatic carbocycles. The van der Waals surface area contributed by atoms with Gasteiger partial charge in [0.15, 0.2) is 5.65 Å². The third kappa shape index (κ3) is 2.01. The van der Waals surface area contributed by atoms with Crippen molar-refractivity contribution >= 4 is 29.6 Å². The van der Waals surface area contributed by atoms with Crippen LogP contribution in [0.1, 0.15) is 26.9 Å². The zero-order valence-corrected chi connectivity index (χ0v) is 11.2. The van der Waals surface area contributed by atoms with E-state index in [1.165, 1.54) is 6.33 Å². The van der Waals surface area contributed by atoms with E-state index in [9.17, 15) is 4.79 Å². The van der Waals surface area contributed by atoms with Crippen molar-refractivity contribution in [3.05, 3.63) is 53.6 Å². The van der Waals surface area contributed by atoms with Crippen molar-refractivity contribution in [3.8, 4) is 0 Å². The van der Waals surface area contributed by atoms with Crippen LogP contribution in [0.15, 0.2) is 36.8 Å². The molecule has 0 saturated heterocycles. The number of hydrogen-bond acceptors (Lipinski definition) is 5. The molecule has 0 spiro atoms. The molecule has 3 N–H and O–H groups in total. The number of nitrogens with zero attached hydrogens (tertiary/aromatic N) is 3. The van der Waals surface area contributed by atoms with Crippen LogP contribution in [-0.2, 0) is 0 Å². The van der Waals surface area contributed by atoms with Gasteiger partial charge in [-0.3, -0.25) is 9.89 Å². The highest BCUT2D eigenvalue weighted by atomic mass is 32.1. The Morgan fingerprint density at radius 1 is 1.30 bits per heavy atom. The molecule has 100 valence electrons. The molecule has 2 heterocycles. The first-order chi connectivity index (χ1) is 9.68. The number of aromatic amines is 1. The number of amides is 1. The summed E-state index contributed by atoms with van der Waals surface area (Å²) in [6, 6.07) is 7.08. The number of nitrogens with two attached hydrogens (primary N) is 1. The average Bonchev–Trinajstić information content (AvgIpc) is 2.94. The Hall–Kier alpha value is -2.41. The second-order valence-electron chi connectivity index (χ2n) is 4.25. The summed E-state index contributed by atoms with van der Waals surface area (Å²) in [6.45, 7) is 0. The van der Waals surface area contributed by atoms with Crippen LogP contribution in [0.2, 0.25) is 0 Å². The van der Waals surface area contributed by atoms with Gasteiger partial charge in [0.1, 0.15) is 6.33 Å². The normalized spacial score (nSPS) is 12.4. The highest BCUT2D eigenvalue weighted by Crippen LogP contribution is 2.32. The van der Waals surface area contributed by atoms with E-state index in [2.05, 4.69) is 32.8 Å². The summed E-state index contributed by atoms with van der Waals surface area (Å²) < 4.78 is 0. The Kier molecular flexibility index (Phi) is 3.11. The molecule has 3 rings (SSSR count). The molecule has 0 bridgehead atoms. The molecule has 1 atom stereocenters. The number of carbonyl (C=O) groups is 1. The quantitative estimate of drug-likeness (QED) is 0.635. The van der Waals surface area contributed by atoms with Crippen molar-refractivity contribution in [2.75, 3.05) is 0 Å². The summed E-state index contributed by atoms with van der Waals surface area (Å²) in [7, 11) is 0. The highest BCUT2D eigenvalue weighted by molar-refractivity contribution is 7.80. The Morgan fingerprint density at radius 3 is 2.90 bits per heavy atom. The molecular formula is C13H11N5OS. The molecule has 0 radical (unpaired) electrons. The molecule has 0 aliphatic heterocycles. The first-order valence-corrected chi connectivity index (χ1v) is 6.41. The number of thiol groups is 1. The zero-order chi connectivity index (χ0) is 14.1. The highest BCUT2D eigenvalue weighted by Gasteiger charge is 2.20. The monoisotopic (exact) mass is 285 g/mol. The number of benzene rings is 1. The van der Waals surface area contributed by atoms with E-state index in [0.29, 0.717) is 22.5 Å². The summed E-state index contributed by atoms with van der Waals surface area (Å²) in [5, 5.41) is 7.10. The van der Waals surface area contributed by atoms with Crippen molar-refractivity contribution in [1.82, 2.24) is 20.2 Å². The molecule has 1 amide bonds. The predicted molar refractivity (Wildman–Crippen MR) is 77.5 cm³/mol. The van der Waals surface area contributed by atoms with Crippen molar-refractivity contribution in [3.63, 3.8) is 0 Å². The van der Waals surface area contributed by atoms with E-state index in [-0.39, 0.29) is 5.25 Å². The number of H-pyrrole nitrogens is 1. The molecule has 7 heteroatoms. The maximum absolute atomic E-state index is 11.5. The van der Waals surface area contributed by atoms with Crippen LogP contribution in [0.25, 0.3) is 11.0 Å². The molecule has 20 heavy (non-hydrogen) atoms. The fraction of sp³-hybridized carbons (Fsp3) is 0.0769. The Morgan fingerprint density at radius 2 is 2.10 bits per heavy atom. The third-order valence-electron chi connectivity index (χ3n) is 3.06. The molecule has 0 saturated carbocycles. The molecular weight excluding hydrogens is 274 g/mol. The van der Waals surface area contributed by atoms with E-state index >= 15 is 0 Å². The second-order valence-corrected chi connectivity index (χ2v) is 4.76. The summed E-state index contributed by atoms with van der Waals surface area (Å²) in [5.74, 6) is -0.489. The molecule has 2 aromatic heterocycles. The molecule has 0 fully saturated rings. The van der Waals surface area contributed by atoms with Gasteiger partial charge in [-0.2, -0.15) is 17.7 Å². The van der Waals surface area contributed by atoms with Gasteiger partial charge in [0, 0.05) is 5.56 Å². The minimum absolute atomic E-state index is 0.387. The second kappa shape index (κ2) is 4.93. The smallest absolute Gasteiger partial charge is 0.249 e. The van der Waals surface area contributed by atoms with Gasteiger partial charge in [0.05, 0.1) is 22.5 Å². The maximum Gasteiger partial charge on any atom is 0.249 e. The summed E-state index contributed by atoms with van der Waals surface area (Å²) in [4.78, 5) is 19.8. The van der Waals surface area contributed by atoms with Gasteiger partial charge in [0.2, 0.25) is 5.91 Å². The first-order valence-electron chi connectivity index (χ1n) is 5.89. The molecule has 6 nitrogen and oxygen atoms in total. The molecule has 0 aliphatic carbocycles. The summed E-state index contributed by atoms with van der Waals surface area (Å²) >= 11 is 4.58. The van der Waals surface area contributed by atoms with Gasteiger partial charge < -0.3 is 5.73 Å². The number of primary amides is 1. The van der Waals surface area contributed by atoms with Gasteiger partial charge >= 0.3 is 0 Å². The molecule has 3 aromatic rings. The largest absolute Gasteiger partial charge is 0.366 e. The van der Waals surface area contributed by atoms with Crippen molar-refractivity contribution in [2.24, 2.45) is 5.73 Å². The van der Waals surface area contributed by atoms with Crippen molar-refractivity contribution in [2.45, 2.75) is 5.25 Å². The topological polar surface area (TPSA) is 97.5 Å². The number of aromatic nitrogens is 4. The van der Waals surface area contributed by atoms with Gasteiger partial charge in [-0.15, -0.1) is 0 Å². The van der Waals surface area contributed by atoms with Crippen LogP contribution >= 0.6 is 12.6 Å². The van der Waals surface area contributed by atoms with Crippen LogP contribution < -0.4 is 5.73 Å². The fourth-order valence-corrected chi connectivity index (χ4v) is 2.54. The summed E-state index contributed by atoms with van der Waals surface area (Å²) in [5.41, 5.74) is 7.86. The van der Waals surface area contributed by atoms with Gasteiger partial charge in [-0.05, 0) is 11.6 Å². The lowest BCUT2D eigenvalue weighted by Gasteiger charge is -2.14. The predicted octanol–water partition coefficient (Wildman–Crippen LogP) is 1.47. The van der Waals surface area contributed by atoms with E-state index in [1.54, 1.807) is 18.3 Å². The lowest BCUT2D eigenvalue weighted by atomic mass is 10.0. The Balaban J connectivity index is 2.16. The van der Waals surface area contributed by atoms with E-state index < -0.39 is 5.91 Å². The van der Waals surface area contributed by atoms with Crippen LogP contribution in [0.5, 0.6) is 0 Å². The van der Waals surface area contributed by atoms with Crippen LogP contribution in [0.3, 0.4) is 0 Å². The van der Waals surface area contributed by atoms with Crippen LogP contribution in [-0.4, -0.2) is 26.1 Å². The molecule has 0 aliphatic rings. The lowest BCUT2D eigenvalue weighted by Crippen LogP contribution is -2.15. The van der Waals surface area contributed by atoms with Crippen LogP contribution in [0.4, 0.5) is 0 Å². The van der Waals surface area contributed by atoms with Gasteiger partial charge in [0.25, 0.3) is 0 Å². The standard InChI is InChI=1S/C13H11N5OS/c14-12(19)8-4-2-1-3-7(8)11(20)10-9-5-17-18-13(9)16-6-15-10/h1-6,11,20H,(H2,14,19)(H,15,16,17,18). The molecule has 1 unspecified atom stereocenters. The van der Waals surface area contributed by atoms with Gasteiger partial charge in [-0.25, -0.2) is 9.97 Å². The van der Waals surface area contributed by atoms with Crippen molar-refractivity contribution < 1.29 is 4.79 Å². The zero-order valence-electron chi connectivity index (χ0n) is 10.3. The lowest BCUT2D eigenvalue weighted by molar-refractivity contribution is 0.0999. The summed E-state index contributed by atoms with van der Waals surface area (Å²) in [6.07, 6.45) is 3.08. The van der Waals surface area contributed by atoms with E-state index in [0.717, 1.165) is 5.39 Å². The van der Waals surface area contributed by atoms with Gasteiger partial charge in [-0.1, -0.05) is 18.2 Å². The fourth-order valence-electron chi connectivity index (χ4n) is 2.11. The first kappa shape index (κ1) is 12.6. The van der Waals surface area contributed by atoms with E-state index in [1.807, 2.05) is 12.1 Å². The van der Waals surface area contributed by atoms with Crippen LogP contribution in [0, 0.1) is 0 Å². The number of hydrogen-bond donors (Lipinski definition) is 3. The van der Waals surface area contributed by atoms with Crippen molar-refractivity contribution in [1.29, 1.82) is 0 Å². The number of rotatable bonds is 3. The SMILES string of the molecule is NC(=O)c1ccccc1C(S)c1ncnc2[nH]ncc12. The Bertz CT molecular complexity index is 785. The van der Waals surface area contributed by atoms with E-state index in [4.69, 9.17) is 5.73 Å². The average molecular weight is 285 g/mol. The number of nitrogens with one attached hydrogen (secondary N) is 1.